The van der Waals surface area contributed by atoms with Crippen molar-refractivity contribution in [3.63, 3.8) is 0 Å². The molecule has 2 rings (SSSR count). The highest BCUT2D eigenvalue weighted by Gasteiger charge is 2.28. The zero-order valence-electron chi connectivity index (χ0n) is 13.2. The van der Waals surface area contributed by atoms with Gasteiger partial charge < -0.3 is 14.3 Å². The third-order valence-electron chi connectivity index (χ3n) is 3.86. The molecule has 0 spiro atoms. The van der Waals surface area contributed by atoms with Crippen LogP contribution in [0.25, 0.3) is 11.0 Å². The molecule has 5 heteroatoms. The molecule has 1 heterocycles. The maximum atomic E-state index is 12.3. The van der Waals surface area contributed by atoms with Crippen LogP contribution in [0.4, 0.5) is 0 Å². The third kappa shape index (κ3) is 2.98. The predicted octanol–water partition coefficient (Wildman–Crippen LogP) is 3.11. The third-order valence-corrected chi connectivity index (χ3v) is 3.86. The van der Waals surface area contributed by atoms with E-state index in [1.54, 1.807) is 12.1 Å². The summed E-state index contributed by atoms with van der Waals surface area (Å²) in [6.07, 6.45) is 0.0177. The van der Waals surface area contributed by atoms with Gasteiger partial charge in [-0.25, -0.2) is 4.79 Å². The highest BCUT2D eigenvalue weighted by Crippen LogP contribution is 2.36. The van der Waals surface area contributed by atoms with Crippen LogP contribution in [0, 0.1) is 12.8 Å². The minimum Gasteiger partial charge on any atom is -0.507 e. The summed E-state index contributed by atoms with van der Waals surface area (Å²) < 4.78 is 10.0. The number of esters is 1. The van der Waals surface area contributed by atoms with E-state index >= 15 is 0 Å². The number of rotatable bonds is 4. The van der Waals surface area contributed by atoms with Gasteiger partial charge in [0.2, 0.25) is 0 Å². The second-order valence-corrected chi connectivity index (χ2v) is 5.78. The molecule has 22 heavy (non-hydrogen) atoms. The van der Waals surface area contributed by atoms with Crippen molar-refractivity contribution in [1.29, 1.82) is 0 Å². The highest BCUT2D eigenvalue weighted by atomic mass is 16.5. The first kappa shape index (κ1) is 16.1. The Labute approximate surface area is 128 Å². The maximum Gasteiger partial charge on any atom is 0.343 e. The topological polar surface area (TPSA) is 76.7 Å². The lowest BCUT2D eigenvalue weighted by atomic mass is 9.85. The summed E-state index contributed by atoms with van der Waals surface area (Å²) in [5, 5.41) is 11.0. The van der Waals surface area contributed by atoms with E-state index in [1.165, 1.54) is 7.11 Å². The van der Waals surface area contributed by atoms with E-state index in [0.717, 1.165) is 5.56 Å². The Kier molecular flexibility index (Phi) is 4.54. The molecular formula is C17H20O5. The smallest absolute Gasteiger partial charge is 0.343 e. The SMILES string of the molecule is COC(=O)C[C@H](c1c(O)c2ccc(C)cc2oc1=O)C(C)C. The van der Waals surface area contributed by atoms with Crippen LogP contribution >= 0.6 is 0 Å². The van der Waals surface area contributed by atoms with Gasteiger partial charge in [0.15, 0.2) is 0 Å². The van der Waals surface area contributed by atoms with Crippen molar-refractivity contribution in [1.82, 2.24) is 0 Å². The molecular weight excluding hydrogens is 284 g/mol. The van der Waals surface area contributed by atoms with Crippen molar-refractivity contribution in [3.8, 4) is 5.75 Å². The lowest BCUT2D eigenvalue weighted by Gasteiger charge is -2.20. The summed E-state index contributed by atoms with van der Waals surface area (Å²) in [6.45, 7) is 5.64. The molecule has 0 aliphatic carbocycles. The fourth-order valence-electron chi connectivity index (χ4n) is 2.57. The first-order valence-electron chi connectivity index (χ1n) is 7.18. The van der Waals surface area contributed by atoms with Gasteiger partial charge in [-0.1, -0.05) is 19.9 Å². The molecule has 0 saturated heterocycles. The lowest BCUT2D eigenvalue weighted by molar-refractivity contribution is -0.141. The zero-order valence-corrected chi connectivity index (χ0v) is 13.2. The van der Waals surface area contributed by atoms with E-state index in [0.29, 0.717) is 11.0 Å². The fourth-order valence-corrected chi connectivity index (χ4v) is 2.57. The lowest BCUT2D eigenvalue weighted by Crippen LogP contribution is -2.20. The molecule has 118 valence electrons. The van der Waals surface area contributed by atoms with Crippen LogP contribution in [-0.4, -0.2) is 18.2 Å². The van der Waals surface area contributed by atoms with Gasteiger partial charge in [0, 0.05) is 5.92 Å². The van der Waals surface area contributed by atoms with Crippen LogP contribution in [-0.2, 0) is 9.53 Å². The minimum absolute atomic E-state index is 0.0177. The largest absolute Gasteiger partial charge is 0.507 e. The highest BCUT2D eigenvalue weighted by molar-refractivity contribution is 5.85. The number of ether oxygens (including phenoxy) is 1. The second-order valence-electron chi connectivity index (χ2n) is 5.78. The van der Waals surface area contributed by atoms with Crippen molar-refractivity contribution in [2.24, 2.45) is 5.92 Å². The Morgan fingerprint density at radius 2 is 2.05 bits per heavy atom. The summed E-state index contributed by atoms with van der Waals surface area (Å²) in [6, 6.07) is 5.24. The van der Waals surface area contributed by atoms with Crippen LogP contribution < -0.4 is 5.63 Å². The van der Waals surface area contributed by atoms with E-state index in [4.69, 9.17) is 4.42 Å². The Bertz CT molecular complexity index is 757. The van der Waals surface area contributed by atoms with Crippen molar-refractivity contribution >= 4 is 16.9 Å². The average molecular weight is 304 g/mol. The number of hydrogen-bond donors (Lipinski definition) is 1. The van der Waals surface area contributed by atoms with Crippen LogP contribution in [0.3, 0.4) is 0 Å². The normalized spacial score (nSPS) is 12.6. The van der Waals surface area contributed by atoms with Crippen LogP contribution in [0.5, 0.6) is 5.75 Å². The van der Waals surface area contributed by atoms with Gasteiger partial charge in [-0.3, -0.25) is 4.79 Å². The maximum absolute atomic E-state index is 12.3. The molecule has 1 aromatic heterocycles. The standard InChI is InChI=1S/C17H20O5/c1-9(2)12(8-14(18)21-4)15-16(19)11-6-5-10(3)7-13(11)22-17(15)20/h5-7,9,12,19H,8H2,1-4H3/t12-/m0/s1. The van der Waals surface area contributed by atoms with Gasteiger partial charge in [-0.05, 0) is 30.5 Å². The summed E-state index contributed by atoms with van der Waals surface area (Å²) >= 11 is 0. The first-order chi connectivity index (χ1) is 10.3. The van der Waals surface area contributed by atoms with Crippen LogP contribution in [0.2, 0.25) is 0 Å². The number of hydrogen-bond acceptors (Lipinski definition) is 5. The van der Waals surface area contributed by atoms with Gasteiger partial charge >= 0.3 is 11.6 Å². The average Bonchev–Trinajstić information content (AvgIpc) is 2.45. The van der Waals surface area contributed by atoms with Gasteiger partial charge in [0.1, 0.15) is 11.3 Å². The first-order valence-corrected chi connectivity index (χ1v) is 7.18. The van der Waals surface area contributed by atoms with Gasteiger partial charge in [0.25, 0.3) is 0 Å². The van der Waals surface area contributed by atoms with Crippen molar-refractivity contribution in [3.05, 3.63) is 39.7 Å². The second kappa shape index (κ2) is 6.22. The number of fused-ring (bicyclic) bond motifs is 1. The van der Waals surface area contributed by atoms with E-state index in [2.05, 4.69) is 4.74 Å². The molecule has 1 atom stereocenters. The van der Waals surface area contributed by atoms with Gasteiger partial charge in [-0.2, -0.15) is 0 Å². The molecule has 0 radical (unpaired) electrons. The molecule has 5 nitrogen and oxygen atoms in total. The molecule has 0 bridgehead atoms. The number of carbonyl (C=O) groups excluding carboxylic acids is 1. The Hall–Kier alpha value is -2.30. The summed E-state index contributed by atoms with van der Waals surface area (Å²) in [7, 11) is 1.30. The van der Waals surface area contributed by atoms with Crippen molar-refractivity contribution < 1.29 is 19.1 Å². The molecule has 2 aromatic rings. The molecule has 0 aliphatic rings. The summed E-state index contributed by atoms with van der Waals surface area (Å²) in [5.74, 6) is -1.04. The molecule has 0 unspecified atom stereocenters. The summed E-state index contributed by atoms with van der Waals surface area (Å²) in [5.41, 5.74) is 0.791. The number of carbonyl (C=O) groups is 1. The fraction of sp³-hybridized carbons (Fsp3) is 0.412. The molecule has 0 aliphatic heterocycles. The van der Waals surface area contributed by atoms with Crippen LogP contribution in [0.1, 0.15) is 37.3 Å². The monoisotopic (exact) mass is 304 g/mol. The molecule has 1 aromatic carbocycles. The van der Waals surface area contributed by atoms with E-state index in [-0.39, 0.29) is 23.7 Å². The van der Waals surface area contributed by atoms with Crippen molar-refractivity contribution in [2.75, 3.05) is 7.11 Å². The molecule has 0 saturated carbocycles. The minimum atomic E-state index is -0.613. The number of aromatic hydroxyl groups is 1. The molecule has 0 amide bonds. The molecule has 1 N–H and O–H groups in total. The number of aryl methyl sites for hydroxylation is 1. The van der Waals surface area contributed by atoms with E-state index in [1.807, 2.05) is 26.8 Å². The number of methoxy groups -OCH3 is 1. The van der Waals surface area contributed by atoms with E-state index < -0.39 is 17.5 Å². The van der Waals surface area contributed by atoms with E-state index in [9.17, 15) is 14.7 Å². The Morgan fingerprint density at radius 1 is 1.36 bits per heavy atom. The summed E-state index contributed by atoms with van der Waals surface area (Å²) in [4.78, 5) is 23.9. The molecule has 0 fully saturated rings. The van der Waals surface area contributed by atoms with Gasteiger partial charge in [-0.15, -0.1) is 0 Å². The number of benzene rings is 1. The van der Waals surface area contributed by atoms with Crippen LogP contribution in [0.15, 0.2) is 27.4 Å². The Morgan fingerprint density at radius 3 is 2.64 bits per heavy atom. The predicted molar refractivity (Wildman–Crippen MR) is 83.1 cm³/mol. The van der Waals surface area contributed by atoms with Crippen molar-refractivity contribution in [2.45, 2.75) is 33.1 Å². The van der Waals surface area contributed by atoms with Gasteiger partial charge in [0.05, 0.1) is 24.5 Å². The Balaban J connectivity index is 2.64. The zero-order chi connectivity index (χ0) is 16.4. The quantitative estimate of drug-likeness (QED) is 0.693.